The smallest absolute Gasteiger partial charge is 0.360 e. The standard InChI is InChI=1S/C17H17F3N2O2/c18-17(19,20)13-7-5-6-11-14(13)21-10-12(15(11)23)16(24)22-8-3-1-2-4-9-22/h5-7,10H,1-4,8-9H2,(H,21,23). The van der Waals surface area contributed by atoms with Crippen LogP contribution < -0.4 is 5.43 Å². The highest BCUT2D eigenvalue weighted by molar-refractivity contribution is 5.97. The third-order valence-corrected chi connectivity index (χ3v) is 4.34. The van der Waals surface area contributed by atoms with E-state index in [4.69, 9.17) is 0 Å². The van der Waals surface area contributed by atoms with E-state index in [0.29, 0.717) is 13.1 Å². The number of amides is 1. The quantitative estimate of drug-likeness (QED) is 0.864. The van der Waals surface area contributed by atoms with Crippen molar-refractivity contribution in [3.05, 3.63) is 45.7 Å². The van der Waals surface area contributed by atoms with E-state index in [1.54, 1.807) is 4.90 Å². The summed E-state index contributed by atoms with van der Waals surface area (Å²) >= 11 is 0. The number of benzene rings is 1. The Morgan fingerprint density at radius 3 is 2.38 bits per heavy atom. The van der Waals surface area contributed by atoms with Crippen LogP contribution in [0.15, 0.2) is 29.2 Å². The first-order valence-corrected chi connectivity index (χ1v) is 7.90. The van der Waals surface area contributed by atoms with Crippen LogP contribution in [-0.4, -0.2) is 28.9 Å². The van der Waals surface area contributed by atoms with Gasteiger partial charge in [-0.1, -0.05) is 18.9 Å². The second kappa shape index (κ2) is 6.30. The molecule has 2 heterocycles. The third-order valence-electron chi connectivity index (χ3n) is 4.34. The van der Waals surface area contributed by atoms with Crippen LogP contribution in [0.1, 0.15) is 41.6 Å². The SMILES string of the molecule is O=C(c1c[nH]c2c(C(F)(F)F)cccc2c1=O)N1CCCCCC1. The molecule has 0 spiro atoms. The number of para-hydroxylation sites is 1. The maximum Gasteiger partial charge on any atom is 0.418 e. The largest absolute Gasteiger partial charge is 0.418 e. The van der Waals surface area contributed by atoms with E-state index in [0.717, 1.165) is 37.9 Å². The molecule has 4 nitrogen and oxygen atoms in total. The number of hydrogen-bond donors (Lipinski definition) is 1. The fraction of sp³-hybridized carbons (Fsp3) is 0.412. The van der Waals surface area contributed by atoms with Gasteiger partial charge >= 0.3 is 6.18 Å². The van der Waals surface area contributed by atoms with Gasteiger partial charge in [0.15, 0.2) is 0 Å². The molecular weight excluding hydrogens is 321 g/mol. The van der Waals surface area contributed by atoms with Gasteiger partial charge in [-0.05, 0) is 25.0 Å². The maximum absolute atomic E-state index is 13.0. The molecule has 1 N–H and O–H groups in total. The molecule has 0 atom stereocenters. The Morgan fingerprint density at radius 2 is 1.75 bits per heavy atom. The molecule has 7 heteroatoms. The van der Waals surface area contributed by atoms with Crippen molar-refractivity contribution >= 4 is 16.8 Å². The van der Waals surface area contributed by atoms with Crippen LogP contribution in [0.3, 0.4) is 0 Å². The van der Waals surface area contributed by atoms with E-state index >= 15 is 0 Å². The minimum Gasteiger partial charge on any atom is -0.360 e. The van der Waals surface area contributed by atoms with Crippen LogP contribution in [0.25, 0.3) is 10.9 Å². The number of carbonyl (C=O) groups excluding carboxylic acids is 1. The molecule has 0 unspecified atom stereocenters. The molecular formula is C17H17F3N2O2. The number of hydrogen-bond acceptors (Lipinski definition) is 2. The Labute approximate surface area is 136 Å². The molecule has 1 aliphatic heterocycles. The van der Waals surface area contributed by atoms with E-state index in [1.165, 1.54) is 12.1 Å². The lowest BCUT2D eigenvalue weighted by molar-refractivity contribution is -0.136. The highest BCUT2D eigenvalue weighted by Gasteiger charge is 2.33. The van der Waals surface area contributed by atoms with Gasteiger partial charge in [-0.3, -0.25) is 9.59 Å². The highest BCUT2D eigenvalue weighted by Crippen LogP contribution is 2.33. The van der Waals surface area contributed by atoms with Gasteiger partial charge in [-0.15, -0.1) is 0 Å². The lowest BCUT2D eigenvalue weighted by Crippen LogP contribution is -2.35. The van der Waals surface area contributed by atoms with Crippen molar-refractivity contribution in [3.63, 3.8) is 0 Å². The lowest BCUT2D eigenvalue weighted by atomic mass is 10.1. The minimum atomic E-state index is -4.57. The second-order valence-electron chi connectivity index (χ2n) is 5.96. The van der Waals surface area contributed by atoms with Crippen molar-refractivity contribution in [2.45, 2.75) is 31.9 Å². The molecule has 1 aliphatic rings. The van der Waals surface area contributed by atoms with Gasteiger partial charge in [0.05, 0.1) is 11.1 Å². The fourth-order valence-electron chi connectivity index (χ4n) is 3.09. The number of fused-ring (bicyclic) bond motifs is 1. The summed E-state index contributed by atoms with van der Waals surface area (Å²) in [6, 6.07) is 3.40. The first kappa shape index (κ1) is 16.5. The highest BCUT2D eigenvalue weighted by atomic mass is 19.4. The van der Waals surface area contributed by atoms with E-state index in [-0.39, 0.29) is 16.5 Å². The molecule has 1 aromatic heterocycles. The third kappa shape index (κ3) is 3.02. The summed E-state index contributed by atoms with van der Waals surface area (Å²) < 4.78 is 39.1. The molecule has 0 aliphatic carbocycles. The Morgan fingerprint density at radius 1 is 1.08 bits per heavy atom. The predicted molar refractivity (Wildman–Crippen MR) is 83.9 cm³/mol. The molecule has 1 saturated heterocycles. The molecule has 1 aromatic carbocycles. The first-order chi connectivity index (χ1) is 11.4. The Kier molecular flexibility index (Phi) is 4.34. The zero-order valence-electron chi connectivity index (χ0n) is 12.9. The van der Waals surface area contributed by atoms with E-state index in [2.05, 4.69) is 4.98 Å². The number of halogens is 3. The van der Waals surface area contributed by atoms with Crippen LogP contribution in [0, 0.1) is 0 Å². The van der Waals surface area contributed by atoms with Gasteiger partial charge in [-0.2, -0.15) is 13.2 Å². The maximum atomic E-state index is 13.0. The number of aromatic nitrogens is 1. The molecule has 0 bridgehead atoms. The molecule has 0 radical (unpaired) electrons. The molecule has 3 rings (SSSR count). The summed E-state index contributed by atoms with van der Waals surface area (Å²) in [6.45, 7) is 1.14. The number of H-pyrrole nitrogens is 1. The number of nitrogens with one attached hydrogen (secondary N) is 1. The number of alkyl halides is 3. The number of pyridine rings is 1. The first-order valence-electron chi connectivity index (χ1n) is 7.90. The van der Waals surface area contributed by atoms with Gasteiger partial charge in [-0.25, -0.2) is 0 Å². The normalized spacial score (nSPS) is 16.2. The Hall–Kier alpha value is -2.31. The van der Waals surface area contributed by atoms with Gasteiger partial charge in [0, 0.05) is 24.7 Å². The number of aromatic amines is 1. The second-order valence-corrected chi connectivity index (χ2v) is 5.96. The monoisotopic (exact) mass is 338 g/mol. The molecule has 2 aromatic rings. The summed E-state index contributed by atoms with van der Waals surface area (Å²) in [6.07, 6.45) is 0.344. The molecule has 0 saturated carbocycles. The van der Waals surface area contributed by atoms with E-state index in [1.807, 2.05) is 0 Å². The lowest BCUT2D eigenvalue weighted by Gasteiger charge is -2.20. The minimum absolute atomic E-state index is 0.108. The molecule has 1 amide bonds. The number of rotatable bonds is 1. The van der Waals surface area contributed by atoms with Crippen molar-refractivity contribution in [1.82, 2.24) is 9.88 Å². The summed E-state index contributed by atoms with van der Waals surface area (Å²) in [5, 5.41) is -0.120. The van der Waals surface area contributed by atoms with Crippen molar-refractivity contribution in [1.29, 1.82) is 0 Å². The van der Waals surface area contributed by atoms with Crippen LogP contribution >= 0.6 is 0 Å². The summed E-state index contributed by atoms with van der Waals surface area (Å²) in [5.74, 6) is -0.419. The van der Waals surface area contributed by atoms with Crippen molar-refractivity contribution < 1.29 is 18.0 Å². The number of carbonyl (C=O) groups is 1. The van der Waals surface area contributed by atoms with E-state index < -0.39 is 23.1 Å². The predicted octanol–water partition coefficient (Wildman–Crippen LogP) is 3.56. The van der Waals surface area contributed by atoms with Gasteiger partial charge in [0.2, 0.25) is 5.43 Å². The summed E-state index contributed by atoms with van der Waals surface area (Å²) in [4.78, 5) is 29.2. The Bertz CT molecular complexity index is 819. The zero-order valence-corrected chi connectivity index (χ0v) is 12.9. The molecule has 1 fully saturated rings. The van der Waals surface area contributed by atoms with Crippen molar-refractivity contribution in [2.75, 3.05) is 13.1 Å². The topological polar surface area (TPSA) is 53.2 Å². The fourth-order valence-corrected chi connectivity index (χ4v) is 3.09. The average Bonchev–Trinajstić information content (AvgIpc) is 2.82. The zero-order chi connectivity index (χ0) is 17.3. The molecule has 24 heavy (non-hydrogen) atoms. The van der Waals surface area contributed by atoms with Crippen LogP contribution in [0.2, 0.25) is 0 Å². The van der Waals surface area contributed by atoms with Gasteiger partial charge in [0.25, 0.3) is 5.91 Å². The van der Waals surface area contributed by atoms with Gasteiger partial charge < -0.3 is 9.88 Å². The molecule has 128 valence electrons. The van der Waals surface area contributed by atoms with Crippen LogP contribution in [0.4, 0.5) is 13.2 Å². The van der Waals surface area contributed by atoms with Crippen molar-refractivity contribution in [3.8, 4) is 0 Å². The Balaban J connectivity index is 2.06. The van der Waals surface area contributed by atoms with Crippen molar-refractivity contribution in [2.24, 2.45) is 0 Å². The summed E-state index contributed by atoms with van der Waals surface area (Å²) in [7, 11) is 0. The van der Waals surface area contributed by atoms with Gasteiger partial charge in [0.1, 0.15) is 5.56 Å². The van der Waals surface area contributed by atoms with Crippen LogP contribution in [-0.2, 0) is 6.18 Å². The average molecular weight is 338 g/mol. The summed E-state index contributed by atoms with van der Waals surface area (Å²) in [5.41, 5.74) is -1.97. The number of likely N-dealkylation sites (tertiary alicyclic amines) is 1. The number of nitrogens with zero attached hydrogens (tertiary/aromatic N) is 1. The van der Waals surface area contributed by atoms with Crippen LogP contribution in [0.5, 0.6) is 0 Å². The van der Waals surface area contributed by atoms with E-state index in [9.17, 15) is 22.8 Å².